The van der Waals surface area contributed by atoms with Gasteiger partial charge in [0.15, 0.2) is 5.11 Å². The van der Waals surface area contributed by atoms with Gasteiger partial charge in [0.2, 0.25) is 0 Å². The Morgan fingerprint density at radius 2 is 1.90 bits per heavy atom. The predicted molar refractivity (Wildman–Crippen MR) is 90.6 cm³/mol. The summed E-state index contributed by atoms with van der Waals surface area (Å²) in [6, 6.07) is 15.3. The molecule has 21 heavy (non-hydrogen) atoms. The fourth-order valence-corrected chi connectivity index (χ4v) is 2.28. The molecule has 0 unspecified atom stereocenters. The normalized spacial score (nSPS) is 10.5. The van der Waals surface area contributed by atoms with E-state index in [1.807, 2.05) is 48.5 Å². The molecule has 0 fully saturated rings. The number of imidazole rings is 1. The molecule has 0 atom stereocenters. The molecule has 3 rings (SSSR count). The molecule has 0 spiro atoms. The van der Waals surface area contributed by atoms with Crippen molar-refractivity contribution in [2.45, 2.75) is 6.54 Å². The summed E-state index contributed by atoms with van der Waals surface area (Å²) in [6.07, 6.45) is 0. The second-order valence-corrected chi connectivity index (χ2v) is 5.36. The van der Waals surface area contributed by atoms with Gasteiger partial charge in [-0.25, -0.2) is 4.98 Å². The Labute approximate surface area is 132 Å². The molecule has 0 bridgehead atoms. The summed E-state index contributed by atoms with van der Waals surface area (Å²) in [5.41, 5.74) is 2.86. The summed E-state index contributed by atoms with van der Waals surface area (Å²) in [5, 5.41) is 7.45. The van der Waals surface area contributed by atoms with Crippen molar-refractivity contribution in [2.75, 3.05) is 5.32 Å². The number of fused-ring (bicyclic) bond motifs is 1. The summed E-state index contributed by atoms with van der Waals surface area (Å²) in [7, 11) is 0. The van der Waals surface area contributed by atoms with Crippen molar-refractivity contribution < 1.29 is 0 Å². The minimum Gasteiger partial charge on any atom is -0.355 e. The predicted octanol–water partition coefficient (Wildman–Crippen LogP) is 3.70. The van der Waals surface area contributed by atoms with Gasteiger partial charge in [-0.15, -0.1) is 0 Å². The van der Waals surface area contributed by atoms with Crippen molar-refractivity contribution in [3.05, 3.63) is 59.4 Å². The molecule has 3 N–H and O–H groups in total. The molecule has 0 aliphatic carbocycles. The number of thiocarbonyl (C=S) groups is 1. The Hall–Kier alpha value is -2.11. The first-order valence-corrected chi connectivity index (χ1v) is 7.23. The summed E-state index contributed by atoms with van der Waals surface area (Å²) >= 11 is 11.1. The van der Waals surface area contributed by atoms with Gasteiger partial charge in [0.1, 0.15) is 5.82 Å². The Balaban J connectivity index is 1.59. The molecule has 1 aromatic heterocycles. The molecule has 0 amide bonds. The van der Waals surface area contributed by atoms with Crippen LogP contribution in [0.25, 0.3) is 11.0 Å². The van der Waals surface area contributed by atoms with Gasteiger partial charge in [0.25, 0.3) is 0 Å². The number of nitrogens with zero attached hydrogens (tertiary/aromatic N) is 1. The number of aromatic amines is 1. The van der Waals surface area contributed by atoms with Crippen LogP contribution < -0.4 is 10.6 Å². The minimum absolute atomic E-state index is 0.536. The quantitative estimate of drug-likeness (QED) is 0.645. The standard InChI is InChI=1S/C15H13ClN4S/c16-10-5-7-11(8-6-10)18-15(21)17-9-14-19-12-3-1-2-4-13(12)20-14/h1-8H,9H2,(H,19,20)(H2,17,18,21). The number of benzene rings is 2. The van der Waals surface area contributed by atoms with Gasteiger partial charge in [-0.05, 0) is 48.6 Å². The van der Waals surface area contributed by atoms with Gasteiger partial charge >= 0.3 is 0 Å². The van der Waals surface area contributed by atoms with Crippen molar-refractivity contribution in [3.8, 4) is 0 Å². The first kappa shape index (κ1) is 13.9. The zero-order valence-electron chi connectivity index (χ0n) is 11.1. The number of hydrogen-bond donors (Lipinski definition) is 3. The van der Waals surface area contributed by atoms with Gasteiger partial charge in [-0.3, -0.25) is 0 Å². The number of H-pyrrole nitrogens is 1. The maximum absolute atomic E-state index is 5.84. The zero-order chi connectivity index (χ0) is 14.7. The van der Waals surface area contributed by atoms with Crippen LogP contribution in [0.15, 0.2) is 48.5 Å². The first-order valence-electron chi connectivity index (χ1n) is 6.45. The average molecular weight is 317 g/mol. The van der Waals surface area contributed by atoms with Crippen molar-refractivity contribution in [1.82, 2.24) is 15.3 Å². The Morgan fingerprint density at radius 3 is 2.67 bits per heavy atom. The molecule has 3 aromatic rings. The van der Waals surface area contributed by atoms with E-state index in [-0.39, 0.29) is 0 Å². The van der Waals surface area contributed by atoms with E-state index in [1.54, 1.807) is 0 Å². The van der Waals surface area contributed by atoms with Crippen molar-refractivity contribution >= 4 is 45.7 Å². The minimum atomic E-state index is 0.536. The largest absolute Gasteiger partial charge is 0.355 e. The van der Waals surface area contributed by atoms with E-state index in [4.69, 9.17) is 23.8 Å². The highest BCUT2D eigenvalue weighted by atomic mass is 35.5. The molecule has 1 heterocycles. The van der Waals surface area contributed by atoms with Gasteiger partial charge < -0.3 is 15.6 Å². The number of anilines is 1. The third kappa shape index (κ3) is 3.51. The molecule has 2 aromatic carbocycles. The fourth-order valence-electron chi connectivity index (χ4n) is 1.96. The number of para-hydroxylation sites is 2. The van der Waals surface area contributed by atoms with Gasteiger partial charge in [0, 0.05) is 10.7 Å². The first-order chi connectivity index (χ1) is 10.2. The molecular weight excluding hydrogens is 304 g/mol. The molecule has 106 valence electrons. The van der Waals surface area contributed by atoms with Crippen molar-refractivity contribution in [2.24, 2.45) is 0 Å². The van der Waals surface area contributed by atoms with E-state index in [0.717, 1.165) is 22.5 Å². The van der Waals surface area contributed by atoms with Crippen LogP contribution in [0, 0.1) is 0 Å². The number of halogens is 1. The molecule has 6 heteroatoms. The zero-order valence-corrected chi connectivity index (χ0v) is 12.6. The van der Waals surface area contributed by atoms with Crippen LogP contribution in [0.5, 0.6) is 0 Å². The van der Waals surface area contributed by atoms with Gasteiger partial charge in [-0.2, -0.15) is 0 Å². The van der Waals surface area contributed by atoms with Gasteiger partial charge in [-0.1, -0.05) is 23.7 Å². The second-order valence-electron chi connectivity index (χ2n) is 4.52. The third-order valence-electron chi connectivity index (χ3n) is 2.96. The summed E-state index contributed by atoms with van der Waals surface area (Å²) < 4.78 is 0. The van der Waals surface area contributed by atoms with Crippen molar-refractivity contribution in [1.29, 1.82) is 0 Å². The Kier molecular flexibility index (Phi) is 4.03. The van der Waals surface area contributed by atoms with E-state index >= 15 is 0 Å². The third-order valence-corrected chi connectivity index (χ3v) is 3.46. The van der Waals surface area contributed by atoms with E-state index in [9.17, 15) is 0 Å². The number of nitrogens with one attached hydrogen (secondary N) is 3. The van der Waals surface area contributed by atoms with Crippen molar-refractivity contribution in [3.63, 3.8) is 0 Å². The Morgan fingerprint density at radius 1 is 1.14 bits per heavy atom. The fraction of sp³-hybridized carbons (Fsp3) is 0.0667. The van der Waals surface area contributed by atoms with E-state index < -0.39 is 0 Å². The number of hydrogen-bond acceptors (Lipinski definition) is 2. The summed E-state index contributed by atoms with van der Waals surface area (Å²) in [5.74, 6) is 0.844. The maximum atomic E-state index is 5.84. The summed E-state index contributed by atoms with van der Waals surface area (Å²) in [6.45, 7) is 0.536. The van der Waals surface area contributed by atoms with Crippen LogP contribution in [-0.4, -0.2) is 15.1 Å². The van der Waals surface area contributed by atoms with E-state index in [2.05, 4.69) is 20.6 Å². The molecular formula is C15H13ClN4S. The van der Waals surface area contributed by atoms with Crippen LogP contribution in [-0.2, 0) is 6.54 Å². The monoisotopic (exact) mass is 316 g/mol. The lowest BCUT2D eigenvalue weighted by Crippen LogP contribution is -2.28. The number of aromatic nitrogens is 2. The lowest BCUT2D eigenvalue weighted by atomic mass is 10.3. The SMILES string of the molecule is S=C(NCc1nc2ccccc2[nH]1)Nc1ccc(Cl)cc1. The smallest absolute Gasteiger partial charge is 0.171 e. The van der Waals surface area contributed by atoms with Crippen LogP contribution in [0.1, 0.15) is 5.82 Å². The summed E-state index contributed by atoms with van der Waals surface area (Å²) in [4.78, 5) is 7.72. The highest BCUT2D eigenvalue weighted by molar-refractivity contribution is 7.80. The molecule has 0 aliphatic heterocycles. The second kappa shape index (κ2) is 6.11. The van der Waals surface area contributed by atoms with Crippen LogP contribution in [0.3, 0.4) is 0 Å². The molecule has 0 radical (unpaired) electrons. The number of rotatable bonds is 3. The van der Waals surface area contributed by atoms with E-state index in [0.29, 0.717) is 16.7 Å². The maximum Gasteiger partial charge on any atom is 0.171 e. The molecule has 0 aliphatic rings. The average Bonchev–Trinajstić information content (AvgIpc) is 2.90. The highest BCUT2D eigenvalue weighted by Gasteiger charge is 2.03. The molecule has 0 saturated carbocycles. The molecule has 4 nitrogen and oxygen atoms in total. The van der Waals surface area contributed by atoms with Crippen LogP contribution in [0.4, 0.5) is 5.69 Å². The van der Waals surface area contributed by atoms with Gasteiger partial charge in [0.05, 0.1) is 17.6 Å². The highest BCUT2D eigenvalue weighted by Crippen LogP contribution is 2.13. The topological polar surface area (TPSA) is 52.7 Å². The lowest BCUT2D eigenvalue weighted by Gasteiger charge is -2.09. The van der Waals surface area contributed by atoms with Crippen LogP contribution in [0.2, 0.25) is 5.02 Å². The Bertz CT molecular complexity index is 734. The molecule has 0 saturated heterocycles. The van der Waals surface area contributed by atoms with Crippen LogP contribution >= 0.6 is 23.8 Å². The lowest BCUT2D eigenvalue weighted by molar-refractivity contribution is 0.859. The van der Waals surface area contributed by atoms with E-state index in [1.165, 1.54) is 0 Å².